The van der Waals surface area contributed by atoms with Crippen LogP contribution in [0.15, 0.2) is 54.6 Å². The monoisotopic (exact) mass is 468 g/mol. The maximum atomic E-state index is 13.1. The molecule has 0 spiro atoms. The number of amides is 3. The van der Waals surface area contributed by atoms with Crippen molar-refractivity contribution in [3.8, 4) is 5.75 Å². The summed E-state index contributed by atoms with van der Waals surface area (Å²) in [6.07, 6.45) is 0. The number of hydrogen-bond donors (Lipinski definition) is 0. The molecular weight excluding hydrogens is 448 g/mol. The fourth-order valence-electron chi connectivity index (χ4n) is 3.60. The van der Waals surface area contributed by atoms with Crippen LogP contribution < -0.4 is 9.64 Å². The normalized spacial score (nSPS) is 12.8. The summed E-state index contributed by atoms with van der Waals surface area (Å²) >= 11 is 7.42. The molecule has 0 atom stereocenters. The van der Waals surface area contributed by atoms with Crippen LogP contribution in [0, 0.1) is 0 Å². The van der Waals surface area contributed by atoms with Crippen LogP contribution in [-0.2, 0) is 6.54 Å². The minimum absolute atomic E-state index is 0.209. The molecule has 0 fully saturated rings. The van der Waals surface area contributed by atoms with Crippen molar-refractivity contribution in [2.75, 3.05) is 18.1 Å². The Bertz CT molecular complexity index is 1190. The summed E-state index contributed by atoms with van der Waals surface area (Å²) in [5, 5.41) is 0. The zero-order valence-electron chi connectivity index (χ0n) is 17.6. The summed E-state index contributed by atoms with van der Waals surface area (Å²) in [6.45, 7) is 5.22. The largest absolute Gasteiger partial charge is 0.494 e. The van der Waals surface area contributed by atoms with Crippen LogP contribution in [0.1, 0.15) is 49.8 Å². The SMILES string of the molecule is CCOc1ccc(N2C(=O)c3ccc(C(=O)N(CC)Cc4ccc(Cl)s4)cc3C2=O)cc1. The number of ether oxygens (including phenoxy) is 1. The van der Waals surface area contributed by atoms with Gasteiger partial charge in [0, 0.05) is 17.0 Å². The summed E-state index contributed by atoms with van der Waals surface area (Å²) in [5.74, 6) is -0.405. The van der Waals surface area contributed by atoms with E-state index in [4.69, 9.17) is 16.3 Å². The van der Waals surface area contributed by atoms with Gasteiger partial charge in [-0.3, -0.25) is 14.4 Å². The molecule has 6 nitrogen and oxygen atoms in total. The molecule has 0 aliphatic carbocycles. The molecular formula is C24H21ClN2O4S. The number of fused-ring (bicyclic) bond motifs is 1. The predicted molar refractivity (Wildman–Crippen MR) is 125 cm³/mol. The summed E-state index contributed by atoms with van der Waals surface area (Å²) < 4.78 is 6.09. The fraction of sp³-hybridized carbons (Fsp3) is 0.208. The van der Waals surface area contributed by atoms with Gasteiger partial charge >= 0.3 is 0 Å². The van der Waals surface area contributed by atoms with Crippen molar-refractivity contribution in [1.29, 1.82) is 0 Å². The van der Waals surface area contributed by atoms with Crippen molar-refractivity contribution in [3.63, 3.8) is 0 Å². The molecule has 4 rings (SSSR count). The highest BCUT2D eigenvalue weighted by Gasteiger charge is 2.37. The maximum absolute atomic E-state index is 13.1. The average Bonchev–Trinajstić information content (AvgIpc) is 3.32. The maximum Gasteiger partial charge on any atom is 0.266 e. The number of benzene rings is 2. The standard InChI is InChI=1S/C24H21ClN2O4S/c1-3-26(14-18-10-12-21(25)32-18)22(28)15-5-11-19-20(13-15)24(30)27(23(19)29)16-6-8-17(9-7-16)31-4-2/h5-13H,3-4,14H2,1-2H3. The Labute approximate surface area is 195 Å². The molecule has 2 heterocycles. The van der Waals surface area contributed by atoms with Gasteiger partial charge in [0.2, 0.25) is 0 Å². The summed E-state index contributed by atoms with van der Waals surface area (Å²) in [6, 6.07) is 15.1. The van der Waals surface area contributed by atoms with Gasteiger partial charge in [0.25, 0.3) is 17.7 Å². The van der Waals surface area contributed by atoms with E-state index < -0.39 is 11.8 Å². The summed E-state index contributed by atoms with van der Waals surface area (Å²) in [5.41, 5.74) is 1.33. The molecule has 3 aromatic rings. The van der Waals surface area contributed by atoms with E-state index in [0.717, 1.165) is 9.78 Å². The number of rotatable bonds is 7. The summed E-state index contributed by atoms with van der Waals surface area (Å²) in [4.78, 5) is 42.8. The van der Waals surface area contributed by atoms with E-state index >= 15 is 0 Å². The molecule has 3 amide bonds. The van der Waals surface area contributed by atoms with Crippen LogP contribution in [0.4, 0.5) is 5.69 Å². The molecule has 2 aromatic carbocycles. The quantitative estimate of drug-likeness (QED) is 0.443. The first-order valence-corrected chi connectivity index (χ1v) is 11.4. The van der Waals surface area contributed by atoms with E-state index in [9.17, 15) is 14.4 Å². The third kappa shape index (κ3) is 4.13. The van der Waals surface area contributed by atoms with E-state index in [0.29, 0.717) is 41.0 Å². The van der Waals surface area contributed by atoms with Crippen molar-refractivity contribution >= 4 is 46.3 Å². The molecule has 1 aromatic heterocycles. The van der Waals surface area contributed by atoms with Crippen molar-refractivity contribution in [2.24, 2.45) is 0 Å². The van der Waals surface area contributed by atoms with Crippen LogP contribution in [0.5, 0.6) is 5.75 Å². The van der Waals surface area contributed by atoms with E-state index in [1.165, 1.54) is 17.4 Å². The number of thiophene rings is 1. The topological polar surface area (TPSA) is 66.9 Å². The van der Waals surface area contributed by atoms with Gasteiger partial charge in [0.05, 0.1) is 34.3 Å². The Morgan fingerprint density at radius 3 is 2.34 bits per heavy atom. The third-order valence-electron chi connectivity index (χ3n) is 5.18. The first-order valence-electron chi connectivity index (χ1n) is 10.2. The molecule has 164 valence electrons. The summed E-state index contributed by atoms with van der Waals surface area (Å²) in [7, 11) is 0. The van der Waals surface area contributed by atoms with Gasteiger partial charge in [-0.05, 0) is 68.4 Å². The molecule has 1 aliphatic heterocycles. The predicted octanol–water partition coefficient (Wildman–Crippen LogP) is 5.26. The third-order valence-corrected chi connectivity index (χ3v) is 6.40. The van der Waals surface area contributed by atoms with Crippen molar-refractivity contribution in [1.82, 2.24) is 4.90 Å². The first-order chi connectivity index (χ1) is 15.4. The van der Waals surface area contributed by atoms with Gasteiger partial charge < -0.3 is 9.64 Å². The molecule has 0 saturated heterocycles. The molecule has 0 unspecified atom stereocenters. The number of nitrogens with zero attached hydrogens (tertiary/aromatic N) is 2. The van der Waals surface area contributed by atoms with E-state index in [1.54, 1.807) is 47.4 Å². The number of halogens is 1. The van der Waals surface area contributed by atoms with E-state index in [2.05, 4.69) is 0 Å². The highest BCUT2D eigenvalue weighted by atomic mass is 35.5. The average molecular weight is 469 g/mol. The van der Waals surface area contributed by atoms with Crippen LogP contribution in [0.2, 0.25) is 4.34 Å². The Kier molecular flexibility index (Phi) is 6.30. The zero-order chi connectivity index (χ0) is 22.8. The highest BCUT2D eigenvalue weighted by Crippen LogP contribution is 2.31. The minimum Gasteiger partial charge on any atom is -0.494 e. The zero-order valence-corrected chi connectivity index (χ0v) is 19.2. The van der Waals surface area contributed by atoms with Gasteiger partial charge in [-0.1, -0.05) is 11.6 Å². The van der Waals surface area contributed by atoms with Crippen LogP contribution >= 0.6 is 22.9 Å². The number of imide groups is 1. The lowest BCUT2D eigenvalue weighted by Crippen LogP contribution is -2.30. The first kappa shape index (κ1) is 22.0. The Hall–Kier alpha value is -3.16. The van der Waals surface area contributed by atoms with Crippen molar-refractivity contribution in [2.45, 2.75) is 20.4 Å². The van der Waals surface area contributed by atoms with Gasteiger partial charge in [-0.2, -0.15) is 0 Å². The lowest BCUT2D eigenvalue weighted by molar-refractivity contribution is 0.0753. The lowest BCUT2D eigenvalue weighted by Gasteiger charge is -2.20. The second-order valence-electron chi connectivity index (χ2n) is 7.16. The smallest absolute Gasteiger partial charge is 0.266 e. The minimum atomic E-state index is -0.447. The number of anilines is 1. The van der Waals surface area contributed by atoms with Gasteiger partial charge in [0.15, 0.2) is 0 Å². The highest BCUT2D eigenvalue weighted by molar-refractivity contribution is 7.16. The molecule has 0 radical (unpaired) electrons. The Morgan fingerprint density at radius 2 is 1.72 bits per heavy atom. The van der Waals surface area contributed by atoms with Crippen LogP contribution in [0.3, 0.4) is 0 Å². The van der Waals surface area contributed by atoms with Crippen molar-refractivity contribution in [3.05, 3.63) is 80.5 Å². The Morgan fingerprint density at radius 1 is 1.00 bits per heavy atom. The Balaban J connectivity index is 1.58. The van der Waals surface area contributed by atoms with Crippen molar-refractivity contribution < 1.29 is 19.1 Å². The van der Waals surface area contributed by atoms with Crippen LogP contribution in [-0.4, -0.2) is 35.8 Å². The fourth-order valence-corrected chi connectivity index (χ4v) is 4.70. The van der Waals surface area contributed by atoms with E-state index in [-0.39, 0.29) is 17.0 Å². The van der Waals surface area contributed by atoms with Gasteiger partial charge in [-0.15, -0.1) is 11.3 Å². The molecule has 32 heavy (non-hydrogen) atoms. The number of hydrogen-bond acceptors (Lipinski definition) is 5. The number of carbonyl (C=O) groups is 3. The van der Waals surface area contributed by atoms with Gasteiger partial charge in [0.1, 0.15) is 5.75 Å². The molecule has 1 aliphatic rings. The van der Waals surface area contributed by atoms with E-state index in [1.807, 2.05) is 19.9 Å². The molecule has 0 bridgehead atoms. The van der Waals surface area contributed by atoms with Crippen LogP contribution in [0.25, 0.3) is 0 Å². The second kappa shape index (κ2) is 9.14. The molecule has 8 heteroatoms. The van der Waals surface area contributed by atoms with Gasteiger partial charge in [-0.25, -0.2) is 4.90 Å². The lowest BCUT2D eigenvalue weighted by atomic mass is 10.0. The molecule has 0 saturated carbocycles. The number of carbonyl (C=O) groups excluding carboxylic acids is 3. The molecule has 0 N–H and O–H groups in total. The second-order valence-corrected chi connectivity index (χ2v) is 8.96.